The van der Waals surface area contributed by atoms with Crippen LogP contribution >= 0.6 is 11.6 Å². The molecule has 192 valence electrons. The Morgan fingerprint density at radius 3 is 2.49 bits per heavy atom. The van der Waals surface area contributed by atoms with E-state index >= 15 is 0 Å². The van der Waals surface area contributed by atoms with Gasteiger partial charge in [0.2, 0.25) is 5.91 Å². The molecule has 0 aliphatic heterocycles. The molecular formula is C27H24ClF3N4O2. The maximum atomic E-state index is 12.8. The Morgan fingerprint density at radius 1 is 1.14 bits per heavy atom. The van der Waals surface area contributed by atoms with Crippen LogP contribution in [0.25, 0.3) is 11.0 Å². The summed E-state index contributed by atoms with van der Waals surface area (Å²) in [6.07, 6.45) is -1.88. The number of aryl methyl sites for hydroxylation is 1. The minimum atomic E-state index is -4.28. The Labute approximate surface area is 216 Å². The molecule has 0 bridgehead atoms. The smallest absolute Gasteiger partial charge is 0.390 e. The average Bonchev–Trinajstić information content (AvgIpc) is 3.52. The number of primary amides is 1. The van der Waals surface area contributed by atoms with Crippen LogP contribution in [0.3, 0.4) is 0 Å². The van der Waals surface area contributed by atoms with Gasteiger partial charge in [-0.1, -0.05) is 23.7 Å². The zero-order valence-corrected chi connectivity index (χ0v) is 20.7. The summed E-state index contributed by atoms with van der Waals surface area (Å²) in [4.78, 5) is 16.3. The van der Waals surface area contributed by atoms with Crippen LogP contribution in [-0.2, 0) is 5.54 Å². The fraction of sp³-hybridized carbons (Fsp3) is 0.259. The number of carbonyl (C=O) groups excluding carboxylic acids is 1. The normalized spacial score (nSPS) is 14.5. The molecule has 0 spiro atoms. The second kappa shape index (κ2) is 9.30. The van der Waals surface area contributed by atoms with Crippen molar-refractivity contribution < 1.29 is 22.7 Å². The third-order valence-electron chi connectivity index (χ3n) is 6.61. The molecule has 1 saturated carbocycles. The molecule has 4 aromatic rings. The van der Waals surface area contributed by atoms with E-state index in [1.54, 1.807) is 42.7 Å². The van der Waals surface area contributed by atoms with Crippen molar-refractivity contribution in [2.24, 2.45) is 5.73 Å². The number of rotatable bonds is 8. The van der Waals surface area contributed by atoms with Crippen LogP contribution in [0.1, 0.15) is 40.7 Å². The summed E-state index contributed by atoms with van der Waals surface area (Å²) in [6.45, 7) is 1.54. The predicted molar refractivity (Wildman–Crippen MR) is 136 cm³/mol. The van der Waals surface area contributed by atoms with Crippen LogP contribution < -0.4 is 15.8 Å². The number of aromatic nitrogens is 2. The van der Waals surface area contributed by atoms with Crippen LogP contribution in [-0.4, -0.2) is 28.2 Å². The van der Waals surface area contributed by atoms with Crippen molar-refractivity contribution in [3.05, 3.63) is 82.6 Å². The zero-order valence-electron chi connectivity index (χ0n) is 19.9. The average molecular weight is 529 g/mol. The second-order valence-electron chi connectivity index (χ2n) is 9.23. The van der Waals surface area contributed by atoms with Gasteiger partial charge < -0.3 is 20.4 Å². The van der Waals surface area contributed by atoms with Crippen LogP contribution in [0, 0.1) is 6.92 Å². The van der Waals surface area contributed by atoms with E-state index in [2.05, 4.69) is 10.3 Å². The number of anilines is 1. The Balaban J connectivity index is 1.56. The Hall–Kier alpha value is -3.72. The number of hydrogen-bond acceptors (Lipinski definition) is 4. The minimum Gasteiger partial charge on any atom is -0.457 e. The van der Waals surface area contributed by atoms with E-state index < -0.39 is 24.0 Å². The van der Waals surface area contributed by atoms with Crippen molar-refractivity contribution in [3.8, 4) is 11.5 Å². The number of fused-ring (bicyclic) bond motifs is 1. The first-order valence-electron chi connectivity index (χ1n) is 11.7. The lowest BCUT2D eigenvalue weighted by Gasteiger charge is -2.21. The van der Waals surface area contributed by atoms with Gasteiger partial charge in [-0.3, -0.25) is 4.79 Å². The molecule has 6 nitrogen and oxygen atoms in total. The highest BCUT2D eigenvalue weighted by molar-refractivity contribution is 6.30. The predicted octanol–water partition coefficient (Wildman–Crippen LogP) is 6.79. The monoisotopic (exact) mass is 528 g/mol. The molecule has 3 N–H and O–H groups in total. The number of alkyl halides is 3. The van der Waals surface area contributed by atoms with E-state index in [0.29, 0.717) is 33.3 Å². The van der Waals surface area contributed by atoms with Crippen LogP contribution in [0.2, 0.25) is 5.02 Å². The molecule has 1 amide bonds. The molecule has 1 aromatic heterocycles. The maximum absolute atomic E-state index is 12.8. The van der Waals surface area contributed by atoms with Crippen LogP contribution in [0.4, 0.5) is 18.9 Å². The Kier molecular flexibility index (Phi) is 6.27. The highest BCUT2D eigenvalue weighted by Crippen LogP contribution is 2.51. The van der Waals surface area contributed by atoms with Gasteiger partial charge in [-0.2, -0.15) is 13.2 Å². The molecular weight excluding hydrogens is 505 g/mol. The highest BCUT2D eigenvalue weighted by atomic mass is 35.5. The van der Waals surface area contributed by atoms with Gasteiger partial charge in [-0.15, -0.1) is 0 Å². The van der Waals surface area contributed by atoms with Gasteiger partial charge in [-0.05, 0) is 61.2 Å². The van der Waals surface area contributed by atoms with Gasteiger partial charge in [0.25, 0.3) is 0 Å². The largest absolute Gasteiger partial charge is 0.457 e. The van der Waals surface area contributed by atoms with Crippen molar-refractivity contribution in [2.75, 3.05) is 11.9 Å². The first kappa shape index (κ1) is 25.0. The summed E-state index contributed by atoms with van der Waals surface area (Å²) in [5, 5.41) is 3.44. The third kappa shape index (κ3) is 5.09. The zero-order chi connectivity index (χ0) is 26.4. The standard InChI is InChI=1S/C27H24ClF3N4O2/c1-16-12-17(2-7-21(16)25(32)36)26(8-9-26)35-15-34-24-22(33-11-10-27(29,30)31)13-20(14-23(24)35)37-19-5-3-18(28)4-6-19/h2-7,12-15,33H,8-11H2,1H3,(H2,32,36). The number of nitrogens with zero attached hydrogens (tertiary/aromatic N) is 2. The van der Waals surface area contributed by atoms with Gasteiger partial charge in [-0.25, -0.2) is 4.98 Å². The third-order valence-corrected chi connectivity index (χ3v) is 6.86. The molecule has 3 aromatic carbocycles. The summed E-state index contributed by atoms with van der Waals surface area (Å²) in [5.74, 6) is 0.498. The van der Waals surface area contributed by atoms with E-state index in [1.165, 1.54) is 0 Å². The molecule has 37 heavy (non-hydrogen) atoms. The van der Waals surface area contributed by atoms with Gasteiger partial charge in [0, 0.05) is 29.3 Å². The van der Waals surface area contributed by atoms with E-state index in [9.17, 15) is 18.0 Å². The number of halogens is 4. The highest BCUT2D eigenvalue weighted by Gasteiger charge is 2.47. The molecule has 0 radical (unpaired) electrons. The number of nitrogens with two attached hydrogens (primary N) is 1. The first-order chi connectivity index (χ1) is 17.6. The van der Waals surface area contributed by atoms with Crippen molar-refractivity contribution in [3.63, 3.8) is 0 Å². The van der Waals surface area contributed by atoms with E-state index in [1.807, 2.05) is 29.7 Å². The SMILES string of the molecule is Cc1cc(C2(n3cnc4c(NCCC(F)(F)F)cc(Oc5ccc(Cl)cc5)cc43)CC2)ccc1C(N)=O. The molecule has 10 heteroatoms. The fourth-order valence-corrected chi connectivity index (χ4v) is 4.75. The molecule has 0 saturated heterocycles. The van der Waals surface area contributed by atoms with Gasteiger partial charge in [0.1, 0.15) is 17.0 Å². The quantitative estimate of drug-likeness (QED) is 0.264. The number of nitrogens with one attached hydrogen (secondary N) is 1. The molecule has 0 atom stereocenters. The van der Waals surface area contributed by atoms with Crippen molar-refractivity contribution in [1.82, 2.24) is 9.55 Å². The number of amides is 1. The lowest BCUT2D eigenvalue weighted by atomic mass is 9.98. The molecule has 0 unspecified atom stereocenters. The summed E-state index contributed by atoms with van der Waals surface area (Å²) in [7, 11) is 0. The first-order valence-corrected chi connectivity index (χ1v) is 12.1. The maximum Gasteiger partial charge on any atom is 0.390 e. The molecule has 1 aliphatic rings. The minimum absolute atomic E-state index is 0.297. The number of hydrogen-bond donors (Lipinski definition) is 2. The van der Waals surface area contributed by atoms with Crippen molar-refractivity contribution >= 4 is 34.2 Å². The van der Waals surface area contributed by atoms with Crippen LogP contribution in [0.15, 0.2) is 60.9 Å². The summed E-state index contributed by atoms with van der Waals surface area (Å²) < 4.78 is 46.5. The van der Waals surface area contributed by atoms with Gasteiger partial charge in [0.15, 0.2) is 0 Å². The van der Waals surface area contributed by atoms with Gasteiger partial charge >= 0.3 is 6.18 Å². The number of carbonyl (C=O) groups is 1. The molecule has 1 fully saturated rings. The Bertz CT molecular complexity index is 1480. The second-order valence-corrected chi connectivity index (χ2v) is 9.66. The van der Waals surface area contributed by atoms with E-state index in [4.69, 9.17) is 22.1 Å². The lowest BCUT2D eigenvalue weighted by molar-refractivity contribution is -0.131. The number of benzene rings is 3. The van der Waals surface area contributed by atoms with Crippen molar-refractivity contribution in [1.29, 1.82) is 0 Å². The Morgan fingerprint density at radius 2 is 1.86 bits per heavy atom. The van der Waals surface area contributed by atoms with E-state index in [0.717, 1.165) is 29.5 Å². The topological polar surface area (TPSA) is 82.2 Å². The molecule has 1 aliphatic carbocycles. The van der Waals surface area contributed by atoms with Gasteiger partial charge in [0.05, 0.1) is 29.5 Å². The molecule has 1 heterocycles. The van der Waals surface area contributed by atoms with E-state index in [-0.39, 0.29) is 6.54 Å². The van der Waals surface area contributed by atoms with Crippen molar-refractivity contribution in [2.45, 2.75) is 37.9 Å². The van der Waals surface area contributed by atoms with Crippen LogP contribution in [0.5, 0.6) is 11.5 Å². The molecule has 5 rings (SSSR count). The fourth-order valence-electron chi connectivity index (χ4n) is 4.62. The number of ether oxygens (including phenoxy) is 1. The summed E-state index contributed by atoms with van der Waals surface area (Å²) >= 11 is 5.98. The summed E-state index contributed by atoms with van der Waals surface area (Å²) in [5.41, 5.74) is 9.04. The summed E-state index contributed by atoms with van der Waals surface area (Å²) in [6, 6.07) is 15.9. The number of imidazole rings is 1. The lowest BCUT2D eigenvalue weighted by Crippen LogP contribution is -2.19.